The Labute approximate surface area is 102 Å². The zero-order valence-corrected chi connectivity index (χ0v) is 9.48. The molecular formula is C12H8ClN3O. The highest BCUT2D eigenvalue weighted by Gasteiger charge is 2.08. The van der Waals surface area contributed by atoms with Crippen molar-refractivity contribution in [2.75, 3.05) is 5.73 Å². The molecule has 17 heavy (non-hydrogen) atoms. The minimum absolute atomic E-state index is 0.411. The van der Waals surface area contributed by atoms with Gasteiger partial charge in [0.05, 0.1) is 0 Å². The summed E-state index contributed by atoms with van der Waals surface area (Å²) in [7, 11) is 0. The highest BCUT2D eigenvalue weighted by molar-refractivity contribution is 6.31. The van der Waals surface area contributed by atoms with Crippen molar-refractivity contribution in [2.24, 2.45) is 0 Å². The molecule has 0 aliphatic rings. The number of aromatic nitrogens is 2. The fraction of sp³-hybridized carbons (Fsp3) is 0. The van der Waals surface area contributed by atoms with Crippen LogP contribution in [0, 0.1) is 0 Å². The lowest BCUT2D eigenvalue weighted by atomic mass is 10.2. The highest BCUT2D eigenvalue weighted by atomic mass is 35.5. The van der Waals surface area contributed by atoms with Crippen molar-refractivity contribution in [3.8, 4) is 11.5 Å². The zero-order chi connectivity index (χ0) is 11.8. The molecule has 0 amide bonds. The molecule has 2 heterocycles. The zero-order valence-electron chi connectivity index (χ0n) is 8.72. The second kappa shape index (κ2) is 3.75. The number of hydrogen-bond donors (Lipinski definition) is 1. The Morgan fingerprint density at radius 3 is 2.82 bits per heavy atom. The van der Waals surface area contributed by atoms with E-state index in [0.717, 1.165) is 11.0 Å². The molecule has 0 bridgehead atoms. The molecule has 3 aromatic rings. The molecule has 4 nitrogen and oxygen atoms in total. The molecule has 1 aromatic carbocycles. The van der Waals surface area contributed by atoms with E-state index in [2.05, 4.69) is 9.97 Å². The molecule has 5 heteroatoms. The van der Waals surface area contributed by atoms with Gasteiger partial charge < -0.3 is 10.2 Å². The summed E-state index contributed by atoms with van der Waals surface area (Å²) < 4.78 is 5.66. The largest absolute Gasteiger partial charge is 0.454 e. The van der Waals surface area contributed by atoms with Gasteiger partial charge in [0.2, 0.25) is 0 Å². The fourth-order valence-electron chi connectivity index (χ4n) is 1.65. The second-order valence-electron chi connectivity index (χ2n) is 3.62. The van der Waals surface area contributed by atoms with Crippen molar-refractivity contribution in [2.45, 2.75) is 0 Å². The monoisotopic (exact) mass is 245 g/mol. The van der Waals surface area contributed by atoms with Crippen LogP contribution >= 0.6 is 11.6 Å². The third-order valence-corrected chi connectivity index (χ3v) is 2.65. The van der Waals surface area contributed by atoms with Crippen LogP contribution in [0.4, 0.5) is 5.82 Å². The van der Waals surface area contributed by atoms with Crippen molar-refractivity contribution in [3.05, 3.63) is 41.7 Å². The van der Waals surface area contributed by atoms with Crippen LogP contribution in [0.25, 0.3) is 22.4 Å². The van der Waals surface area contributed by atoms with E-state index in [1.165, 1.54) is 6.33 Å². The van der Waals surface area contributed by atoms with Crippen molar-refractivity contribution in [1.82, 2.24) is 9.97 Å². The molecule has 0 radical (unpaired) electrons. The van der Waals surface area contributed by atoms with E-state index in [1.807, 2.05) is 18.2 Å². The summed E-state index contributed by atoms with van der Waals surface area (Å²) in [5.74, 6) is 1.06. The number of furan rings is 1. The summed E-state index contributed by atoms with van der Waals surface area (Å²) in [6.07, 6.45) is 1.41. The Hall–Kier alpha value is -2.07. The molecule has 0 unspecified atom stereocenters. The Bertz CT molecular complexity index is 693. The van der Waals surface area contributed by atoms with Gasteiger partial charge in [0.25, 0.3) is 0 Å². The summed E-state index contributed by atoms with van der Waals surface area (Å²) in [4.78, 5) is 7.95. The van der Waals surface area contributed by atoms with Crippen LogP contribution in [0.2, 0.25) is 5.02 Å². The van der Waals surface area contributed by atoms with Gasteiger partial charge in [-0.05, 0) is 24.3 Å². The van der Waals surface area contributed by atoms with Gasteiger partial charge in [-0.2, -0.15) is 0 Å². The number of benzene rings is 1. The van der Waals surface area contributed by atoms with E-state index in [9.17, 15) is 0 Å². The van der Waals surface area contributed by atoms with Gasteiger partial charge in [-0.25, -0.2) is 9.97 Å². The average molecular weight is 246 g/mol. The maximum absolute atomic E-state index is 5.91. The van der Waals surface area contributed by atoms with Gasteiger partial charge >= 0.3 is 0 Å². The average Bonchev–Trinajstić information content (AvgIpc) is 2.72. The van der Waals surface area contributed by atoms with Gasteiger partial charge in [0.1, 0.15) is 23.4 Å². The third-order valence-electron chi connectivity index (χ3n) is 2.42. The molecule has 0 saturated carbocycles. The number of rotatable bonds is 1. The van der Waals surface area contributed by atoms with E-state index in [4.69, 9.17) is 21.8 Å². The standard InChI is InChI=1S/C12H8ClN3O/c13-8-1-2-10-7(3-8)4-11(17-10)9-5-12(14)16-6-15-9/h1-6H,(H2,14,15,16). The molecule has 0 spiro atoms. The molecule has 84 valence electrons. The van der Waals surface area contributed by atoms with E-state index < -0.39 is 0 Å². The maximum Gasteiger partial charge on any atom is 0.153 e. The van der Waals surface area contributed by atoms with Crippen LogP contribution in [-0.4, -0.2) is 9.97 Å². The summed E-state index contributed by atoms with van der Waals surface area (Å²) in [5.41, 5.74) is 7.02. The molecule has 2 aromatic heterocycles. The van der Waals surface area contributed by atoms with E-state index in [1.54, 1.807) is 12.1 Å². The minimum Gasteiger partial charge on any atom is -0.454 e. The Morgan fingerprint density at radius 1 is 1.12 bits per heavy atom. The molecular weight excluding hydrogens is 238 g/mol. The SMILES string of the molecule is Nc1cc(-c2cc3cc(Cl)ccc3o2)ncn1. The van der Waals surface area contributed by atoms with Crippen LogP contribution in [0.1, 0.15) is 0 Å². The first-order chi connectivity index (χ1) is 8.22. The molecule has 3 rings (SSSR count). The van der Waals surface area contributed by atoms with Crippen LogP contribution in [0.3, 0.4) is 0 Å². The molecule has 0 fully saturated rings. The summed E-state index contributed by atoms with van der Waals surface area (Å²) in [6, 6.07) is 8.99. The highest BCUT2D eigenvalue weighted by Crippen LogP contribution is 2.28. The summed E-state index contributed by atoms with van der Waals surface area (Å²) in [5, 5.41) is 1.61. The van der Waals surface area contributed by atoms with Crippen LogP contribution < -0.4 is 5.73 Å². The molecule has 0 aliphatic carbocycles. The topological polar surface area (TPSA) is 64.9 Å². The van der Waals surface area contributed by atoms with E-state index >= 15 is 0 Å². The molecule has 2 N–H and O–H groups in total. The number of nitrogens with two attached hydrogens (primary N) is 1. The predicted molar refractivity (Wildman–Crippen MR) is 66.7 cm³/mol. The van der Waals surface area contributed by atoms with E-state index in [-0.39, 0.29) is 0 Å². The van der Waals surface area contributed by atoms with Gasteiger partial charge in [-0.3, -0.25) is 0 Å². The Balaban J connectivity index is 2.18. The normalized spacial score (nSPS) is 10.9. The lowest BCUT2D eigenvalue weighted by Crippen LogP contribution is -1.91. The molecule has 0 aliphatic heterocycles. The number of hydrogen-bond acceptors (Lipinski definition) is 4. The maximum atomic E-state index is 5.91. The first-order valence-corrected chi connectivity index (χ1v) is 5.37. The van der Waals surface area contributed by atoms with Crippen molar-refractivity contribution < 1.29 is 4.42 Å². The number of fused-ring (bicyclic) bond motifs is 1. The quantitative estimate of drug-likeness (QED) is 0.715. The van der Waals surface area contributed by atoms with Gasteiger partial charge in [-0.15, -0.1) is 0 Å². The van der Waals surface area contributed by atoms with Crippen molar-refractivity contribution in [3.63, 3.8) is 0 Å². The number of anilines is 1. The molecule has 0 saturated heterocycles. The third kappa shape index (κ3) is 1.83. The number of nitrogen functional groups attached to an aromatic ring is 1. The number of nitrogens with zero attached hydrogens (tertiary/aromatic N) is 2. The number of halogens is 1. The van der Waals surface area contributed by atoms with Crippen LogP contribution in [0.15, 0.2) is 41.1 Å². The van der Waals surface area contributed by atoms with Gasteiger partial charge in [-0.1, -0.05) is 11.6 Å². The minimum atomic E-state index is 0.411. The second-order valence-corrected chi connectivity index (χ2v) is 4.06. The van der Waals surface area contributed by atoms with Crippen molar-refractivity contribution in [1.29, 1.82) is 0 Å². The summed E-state index contributed by atoms with van der Waals surface area (Å²) >= 11 is 5.91. The lowest BCUT2D eigenvalue weighted by molar-refractivity contribution is 0.628. The van der Waals surface area contributed by atoms with Gasteiger partial charge in [0, 0.05) is 16.5 Å². The predicted octanol–water partition coefficient (Wildman–Crippen LogP) is 3.13. The van der Waals surface area contributed by atoms with E-state index in [0.29, 0.717) is 22.3 Å². The first kappa shape index (κ1) is 10.1. The smallest absolute Gasteiger partial charge is 0.153 e. The van der Waals surface area contributed by atoms with Crippen LogP contribution in [0.5, 0.6) is 0 Å². The van der Waals surface area contributed by atoms with Gasteiger partial charge in [0.15, 0.2) is 5.76 Å². The Morgan fingerprint density at radius 2 is 2.00 bits per heavy atom. The first-order valence-electron chi connectivity index (χ1n) is 4.99. The lowest BCUT2D eigenvalue weighted by Gasteiger charge is -1.95. The summed E-state index contributed by atoms with van der Waals surface area (Å²) in [6.45, 7) is 0. The Kier molecular flexibility index (Phi) is 2.23. The van der Waals surface area contributed by atoms with Crippen molar-refractivity contribution >= 4 is 28.4 Å². The molecule has 0 atom stereocenters. The fourth-order valence-corrected chi connectivity index (χ4v) is 1.83. The van der Waals surface area contributed by atoms with Crippen LogP contribution in [-0.2, 0) is 0 Å².